The van der Waals surface area contributed by atoms with Crippen molar-refractivity contribution in [2.75, 3.05) is 31.6 Å². The van der Waals surface area contributed by atoms with Crippen LogP contribution in [0.3, 0.4) is 0 Å². The number of aliphatic carboxylic acids is 1. The SMILES string of the molecule is CN1C(=O)C(C)(C)c2cc(C(=O)N(CCC(=O)O)CC3CCCO3)ccc21. The first-order valence-electron chi connectivity index (χ1n) is 9.27. The molecule has 0 bridgehead atoms. The zero-order chi connectivity index (χ0) is 19.8. The Kier molecular flexibility index (Phi) is 5.24. The normalized spacial score (nSPS) is 20.6. The molecular weight excluding hydrogens is 348 g/mol. The molecule has 1 aromatic rings. The van der Waals surface area contributed by atoms with Crippen LogP contribution in [0.1, 0.15) is 49.0 Å². The van der Waals surface area contributed by atoms with E-state index in [1.165, 1.54) is 0 Å². The van der Waals surface area contributed by atoms with Crippen LogP contribution in [0, 0.1) is 0 Å². The van der Waals surface area contributed by atoms with Gasteiger partial charge in [0.05, 0.1) is 17.9 Å². The Hall–Kier alpha value is -2.41. The molecule has 1 aromatic carbocycles. The molecule has 2 heterocycles. The van der Waals surface area contributed by atoms with Gasteiger partial charge in [0, 0.05) is 38.0 Å². The van der Waals surface area contributed by atoms with Gasteiger partial charge in [-0.25, -0.2) is 0 Å². The molecule has 2 aliphatic heterocycles. The highest BCUT2D eigenvalue weighted by molar-refractivity contribution is 6.08. The van der Waals surface area contributed by atoms with Gasteiger partial charge in [0.15, 0.2) is 0 Å². The van der Waals surface area contributed by atoms with Crippen LogP contribution in [0.2, 0.25) is 0 Å². The van der Waals surface area contributed by atoms with E-state index in [0.717, 1.165) is 24.1 Å². The number of benzene rings is 1. The van der Waals surface area contributed by atoms with E-state index in [2.05, 4.69) is 0 Å². The number of nitrogens with zero attached hydrogens (tertiary/aromatic N) is 2. The monoisotopic (exact) mass is 374 g/mol. The van der Waals surface area contributed by atoms with E-state index in [1.807, 2.05) is 13.8 Å². The van der Waals surface area contributed by atoms with Crippen molar-refractivity contribution in [3.8, 4) is 0 Å². The Labute approximate surface area is 158 Å². The maximum Gasteiger partial charge on any atom is 0.305 e. The average Bonchev–Trinajstić information content (AvgIpc) is 3.20. The van der Waals surface area contributed by atoms with Gasteiger partial charge >= 0.3 is 5.97 Å². The molecule has 7 heteroatoms. The topological polar surface area (TPSA) is 87.2 Å². The molecule has 7 nitrogen and oxygen atoms in total. The summed E-state index contributed by atoms with van der Waals surface area (Å²) in [5.74, 6) is -1.18. The second-order valence-corrected chi connectivity index (χ2v) is 7.75. The van der Waals surface area contributed by atoms with E-state index in [0.29, 0.717) is 18.7 Å². The lowest BCUT2D eigenvalue weighted by Crippen LogP contribution is -2.39. The Balaban J connectivity index is 1.86. The molecule has 27 heavy (non-hydrogen) atoms. The predicted molar refractivity (Wildman–Crippen MR) is 100 cm³/mol. The van der Waals surface area contributed by atoms with Crippen molar-refractivity contribution in [2.45, 2.75) is 44.6 Å². The van der Waals surface area contributed by atoms with Crippen molar-refractivity contribution in [1.82, 2.24) is 4.90 Å². The van der Waals surface area contributed by atoms with Crippen molar-refractivity contribution in [3.63, 3.8) is 0 Å². The van der Waals surface area contributed by atoms with Crippen molar-refractivity contribution >= 4 is 23.5 Å². The highest BCUT2D eigenvalue weighted by Crippen LogP contribution is 2.41. The Bertz CT molecular complexity index is 768. The van der Waals surface area contributed by atoms with Crippen LogP contribution in [0.4, 0.5) is 5.69 Å². The number of carbonyl (C=O) groups is 3. The number of carbonyl (C=O) groups excluding carboxylic acids is 2. The Morgan fingerprint density at radius 2 is 2.11 bits per heavy atom. The summed E-state index contributed by atoms with van der Waals surface area (Å²) in [5.41, 5.74) is 1.39. The largest absolute Gasteiger partial charge is 0.481 e. The number of anilines is 1. The summed E-state index contributed by atoms with van der Waals surface area (Å²) in [5, 5.41) is 9.02. The fourth-order valence-electron chi connectivity index (χ4n) is 3.83. The van der Waals surface area contributed by atoms with Gasteiger partial charge in [0.2, 0.25) is 5.91 Å². The fourth-order valence-corrected chi connectivity index (χ4v) is 3.83. The molecular formula is C20H26N2O5. The second-order valence-electron chi connectivity index (χ2n) is 7.75. The average molecular weight is 374 g/mol. The predicted octanol–water partition coefficient (Wildman–Crippen LogP) is 2.04. The zero-order valence-corrected chi connectivity index (χ0v) is 16.0. The summed E-state index contributed by atoms with van der Waals surface area (Å²) < 4.78 is 5.62. The lowest BCUT2D eigenvalue weighted by molar-refractivity contribution is -0.137. The van der Waals surface area contributed by atoms with Crippen LogP contribution in [-0.4, -0.2) is 60.6 Å². The number of carboxylic acid groups (broad SMARTS) is 1. The smallest absolute Gasteiger partial charge is 0.305 e. The van der Waals surface area contributed by atoms with Crippen LogP contribution in [0.25, 0.3) is 0 Å². The van der Waals surface area contributed by atoms with Gasteiger partial charge in [-0.3, -0.25) is 14.4 Å². The third-order valence-corrected chi connectivity index (χ3v) is 5.45. The van der Waals surface area contributed by atoms with Crippen molar-refractivity contribution in [1.29, 1.82) is 0 Å². The number of amides is 2. The maximum absolute atomic E-state index is 13.1. The van der Waals surface area contributed by atoms with E-state index in [4.69, 9.17) is 9.84 Å². The van der Waals surface area contributed by atoms with Crippen LogP contribution in [0.5, 0.6) is 0 Å². The van der Waals surface area contributed by atoms with Gasteiger partial charge in [-0.05, 0) is 50.5 Å². The van der Waals surface area contributed by atoms with Gasteiger partial charge in [-0.2, -0.15) is 0 Å². The molecule has 0 aromatic heterocycles. The highest BCUT2D eigenvalue weighted by Gasteiger charge is 2.42. The molecule has 3 rings (SSSR count). The zero-order valence-electron chi connectivity index (χ0n) is 16.0. The fraction of sp³-hybridized carbons (Fsp3) is 0.550. The summed E-state index contributed by atoms with van der Waals surface area (Å²) in [6.07, 6.45) is 1.65. The number of hydrogen-bond donors (Lipinski definition) is 1. The van der Waals surface area contributed by atoms with Gasteiger partial charge in [-0.1, -0.05) is 0 Å². The molecule has 2 aliphatic rings. The van der Waals surface area contributed by atoms with Crippen LogP contribution in [-0.2, 0) is 19.7 Å². The first-order valence-corrected chi connectivity index (χ1v) is 9.27. The number of likely N-dealkylation sites (N-methyl/N-ethyl adjacent to an activating group) is 1. The molecule has 1 unspecified atom stereocenters. The quantitative estimate of drug-likeness (QED) is 0.823. The van der Waals surface area contributed by atoms with Crippen LogP contribution in [0.15, 0.2) is 18.2 Å². The second kappa shape index (κ2) is 7.31. The highest BCUT2D eigenvalue weighted by atomic mass is 16.5. The molecule has 146 valence electrons. The first kappa shape index (κ1) is 19.4. The summed E-state index contributed by atoms with van der Waals surface area (Å²) >= 11 is 0. The summed E-state index contributed by atoms with van der Waals surface area (Å²) in [6, 6.07) is 5.26. The molecule has 1 N–H and O–H groups in total. The summed E-state index contributed by atoms with van der Waals surface area (Å²) in [7, 11) is 1.73. The molecule has 2 amide bonds. The summed E-state index contributed by atoms with van der Waals surface area (Å²) in [4.78, 5) is 39.7. The molecule has 0 aliphatic carbocycles. The minimum Gasteiger partial charge on any atom is -0.481 e. The molecule has 1 atom stereocenters. The van der Waals surface area contributed by atoms with Gasteiger partial charge < -0.3 is 19.6 Å². The Morgan fingerprint density at radius 1 is 1.37 bits per heavy atom. The lowest BCUT2D eigenvalue weighted by atomic mass is 9.85. The molecule has 0 saturated carbocycles. The van der Waals surface area contributed by atoms with Crippen molar-refractivity contribution in [2.24, 2.45) is 0 Å². The van der Waals surface area contributed by atoms with E-state index in [9.17, 15) is 14.4 Å². The standard InChI is InChI=1S/C20H26N2O5/c1-20(2)15-11-13(6-7-16(15)21(3)19(20)26)18(25)22(9-8-17(23)24)12-14-5-4-10-27-14/h6-7,11,14H,4-5,8-10,12H2,1-3H3,(H,23,24). The molecule has 0 radical (unpaired) electrons. The van der Waals surface area contributed by atoms with Crippen LogP contribution < -0.4 is 4.90 Å². The number of fused-ring (bicyclic) bond motifs is 1. The van der Waals surface area contributed by atoms with E-state index < -0.39 is 11.4 Å². The van der Waals surface area contributed by atoms with Gasteiger partial charge in [-0.15, -0.1) is 0 Å². The Morgan fingerprint density at radius 3 is 2.74 bits per heavy atom. The van der Waals surface area contributed by atoms with Crippen LogP contribution >= 0.6 is 0 Å². The number of carboxylic acids is 1. The summed E-state index contributed by atoms with van der Waals surface area (Å²) in [6.45, 7) is 4.88. The van der Waals surface area contributed by atoms with Crippen molar-refractivity contribution in [3.05, 3.63) is 29.3 Å². The van der Waals surface area contributed by atoms with Crippen molar-refractivity contribution < 1.29 is 24.2 Å². The maximum atomic E-state index is 13.1. The number of rotatable bonds is 6. The third kappa shape index (κ3) is 3.69. The molecule has 0 spiro atoms. The van der Waals surface area contributed by atoms with E-state index >= 15 is 0 Å². The molecule has 1 saturated heterocycles. The lowest BCUT2D eigenvalue weighted by Gasteiger charge is -2.25. The van der Waals surface area contributed by atoms with Gasteiger partial charge in [0.25, 0.3) is 5.91 Å². The molecule has 1 fully saturated rings. The number of hydrogen-bond acceptors (Lipinski definition) is 4. The minimum atomic E-state index is -0.942. The number of ether oxygens (including phenoxy) is 1. The van der Waals surface area contributed by atoms with E-state index in [1.54, 1.807) is 35.0 Å². The van der Waals surface area contributed by atoms with E-state index in [-0.39, 0.29) is 30.9 Å². The van der Waals surface area contributed by atoms with Gasteiger partial charge in [0.1, 0.15) is 0 Å². The third-order valence-electron chi connectivity index (χ3n) is 5.45. The minimum absolute atomic E-state index is 0.0100. The first-order chi connectivity index (χ1) is 12.7.